The van der Waals surface area contributed by atoms with Crippen LogP contribution in [0.25, 0.3) is 0 Å². The van der Waals surface area contributed by atoms with Gasteiger partial charge in [-0.3, -0.25) is 9.59 Å². The van der Waals surface area contributed by atoms with Crippen LogP contribution in [0.4, 0.5) is 0 Å². The normalized spacial score (nSPS) is 12.2. The van der Waals surface area contributed by atoms with Gasteiger partial charge in [0, 0.05) is 11.1 Å². The highest BCUT2D eigenvalue weighted by Gasteiger charge is 2.29. The molecule has 2 N–H and O–H groups in total. The molecule has 0 spiro atoms. The third-order valence-corrected chi connectivity index (χ3v) is 4.06. The predicted octanol–water partition coefficient (Wildman–Crippen LogP) is 3.20. The lowest BCUT2D eigenvalue weighted by molar-refractivity contribution is -0.138. The van der Waals surface area contributed by atoms with Gasteiger partial charge >= 0.3 is 5.97 Å². The third kappa shape index (κ3) is 5.54. The molecule has 5 heteroatoms. The van der Waals surface area contributed by atoms with E-state index < -0.39 is 17.6 Å². The van der Waals surface area contributed by atoms with Gasteiger partial charge in [0.05, 0.1) is 24.1 Å². The van der Waals surface area contributed by atoms with E-state index >= 15 is 0 Å². The second kappa shape index (κ2) is 8.41. The average molecular weight is 350 g/mol. The molecule has 0 amide bonds. The van der Waals surface area contributed by atoms with Crippen molar-refractivity contribution in [1.82, 2.24) is 5.32 Å². The Hall–Kier alpha value is -2.97. The van der Waals surface area contributed by atoms with E-state index in [2.05, 4.69) is 5.32 Å². The van der Waals surface area contributed by atoms with Crippen molar-refractivity contribution in [2.24, 2.45) is 0 Å². The number of carboxylic acids is 1. The molecule has 0 heterocycles. The average Bonchev–Trinajstić information content (AvgIpc) is 2.60. The molecule has 0 aliphatic carbocycles. The van der Waals surface area contributed by atoms with Gasteiger partial charge in [0.2, 0.25) is 0 Å². The minimum Gasteiger partial charge on any atom is -0.481 e. The number of nitrogens with zero attached hydrogens (tertiary/aromatic N) is 1. The van der Waals surface area contributed by atoms with Crippen LogP contribution in [0, 0.1) is 11.3 Å². The maximum absolute atomic E-state index is 13.0. The molecule has 134 valence electrons. The van der Waals surface area contributed by atoms with Gasteiger partial charge in [0.15, 0.2) is 5.78 Å². The molecule has 0 saturated carbocycles. The van der Waals surface area contributed by atoms with Gasteiger partial charge in [-0.15, -0.1) is 0 Å². The number of rotatable bonds is 8. The number of hydrogen-bond donors (Lipinski definition) is 2. The maximum Gasteiger partial charge on any atom is 0.305 e. The highest BCUT2D eigenvalue weighted by molar-refractivity contribution is 6.00. The minimum atomic E-state index is -0.924. The summed E-state index contributed by atoms with van der Waals surface area (Å²) in [5.41, 5.74) is 1.22. The first-order chi connectivity index (χ1) is 12.3. The van der Waals surface area contributed by atoms with Crippen LogP contribution in [0.5, 0.6) is 0 Å². The van der Waals surface area contributed by atoms with Crippen LogP contribution < -0.4 is 5.32 Å². The Morgan fingerprint density at radius 1 is 1.12 bits per heavy atom. The molecule has 1 unspecified atom stereocenters. The van der Waals surface area contributed by atoms with E-state index in [1.165, 1.54) is 0 Å². The SMILES string of the molecule is CC(C)(CC(=O)O)NC(Cc1ccccc1)C(=O)c1ccc(C#N)cc1. The lowest BCUT2D eigenvalue weighted by Crippen LogP contribution is -2.51. The largest absolute Gasteiger partial charge is 0.481 e. The zero-order valence-electron chi connectivity index (χ0n) is 14.9. The lowest BCUT2D eigenvalue weighted by atomic mass is 9.92. The van der Waals surface area contributed by atoms with Crippen molar-refractivity contribution < 1.29 is 14.7 Å². The van der Waals surface area contributed by atoms with E-state index in [0.29, 0.717) is 17.5 Å². The number of benzene rings is 2. The van der Waals surface area contributed by atoms with Crippen molar-refractivity contribution in [2.45, 2.75) is 38.3 Å². The molecule has 0 aliphatic heterocycles. The molecular weight excluding hydrogens is 328 g/mol. The first kappa shape index (κ1) is 19.4. The van der Waals surface area contributed by atoms with Gasteiger partial charge in [-0.25, -0.2) is 0 Å². The molecule has 0 bridgehead atoms. The van der Waals surface area contributed by atoms with Crippen LogP contribution in [0.2, 0.25) is 0 Å². The van der Waals surface area contributed by atoms with Crippen molar-refractivity contribution >= 4 is 11.8 Å². The van der Waals surface area contributed by atoms with Crippen LogP contribution >= 0.6 is 0 Å². The molecule has 0 saturated heterocycles. The highest BCUT2D eigenvalue weighted by Crippen LogP contribution is 2.16. The maximum atomic E-state index is 13.0. The number of nitrogens with one attached hydrogen (secondary N) is 1. The second-order valence-corrected chi connectivity index (χ2v) is 6.89. The molecule has 0 aromatic heterocycles. The zero-order chi connectivity index (χ0) is 19.2. The van der Waals surface area contributed by atoms with Gasteiger partial charge in [-0.05, 0) is 38.0 Å². The molecular formula is C21H22N2O3. The second-order valence-electron chi connectivity index (χ2n) is 6.89. The number of nitriles is 1. The fourth-order valence-electron chi connectivity index (χ4n) is 2.87. The Balaban J connectivity index is 2.27. The summed E-state index contributed by atoms with van der Waals surface area (Å²) in [6.45, 7) is 3.54. The molecule has 2 aromatic rings. The molecule has 0 radical (unpaired) electrons. The van der Waals surface area contributed by atoms with E-state index in [-0.39, 0.29) is 12.2 Å². The van der Waals surface area contributed by atoms with Gasteiger partial charge in [0.1, 0.15) is 0 Å². The fourth-order valence-corrected chi connectivity index (χ4v) is 2.87. The third-order valence-electron chi connectivity index (χ3n) is 4.06. The first-order valence-corrected chi connectivity index (χ1v) is 8.38. The van der Waals surface area contributed by atoms with Crippen molar-refractivity contribution in [3.05, 3.63) is 71.3 Å². The Bertz CT molecular complexity index is 805. The van der Waals surface area contributed by atoms with Gasteiger partial charge in [-0.1, -0.05) is 42.5 Å². The number of aliphatic carboxylic acids is 1. The summed E-state index contributed by atoms with van der Waals surface area (Å²) >= 11 is 0. The van der Waals surface area contributed by atoms with Crippen LogP contribution in [0.3, 0.4) is 0 Å². The Labute approximate surface area is 153 Å². The van der Waals surface area contributed by atoms with Crippen LogP contribution in [0.15, 0.2) is 54.6 Å². The minimum absolute atomic E-state index is 0.0983. The molecule has 5 nitrogen and oxygen atoms in total. The topological polar surface area (TPSA) is 90.2 Å². The van der Waals surface area contributed by atoms with Gasteiger partial charge in [0.25, 0.3) is 0 Å². The number of ketones is 1. The molecule has 26 heavy (non-hydrogen) atoms. The number of carbonyl (C=O) groups excluding carboxylic acids is 1. The highest BCUT2D eigenvalue weighted by atomic mass is 16.4. The van der Waals surface area contributed by atoms with Crippen molar-refractivity contribution in [3.8, 4) is 6.07 Å². The van der Waals surface area contributed by atoms with E-state index in [4.69, 9.17) is 10.4 Å². The number of carboxylic acid groups (broad SMARTS) is 1. The predicted molar refractivity (Wildman–Crippen MR) is 98.9 cm³/mol. The lowest BCUT2D eigenvalue weighted by Gasteiger charge is -2.30. The van der Waals surface area contributed by atoms with Crippen LogP contribution in [-0.2, 0) is 11.2 Å². The smallest absolute Gasteiger partial charge is 0.305 e. The standard InChI is InChI=1S/C21H22N2O3/c1-21(2,13-19(24)25)23-18(12-15-6-4-3-5-7-15)20(26)17-10-8-16(14-22)9-11-17/h3-11,18,23H,12-13H2,1-2H3,(H,24,25). The zero-order valence-corrected chi connectivity index (χ0v) is 14.9. The number of carbonyl (C=O) groups is 2. The summed E-state index contributed by atoms with van der Waals surface area (Å²) < 4.78 is 0. The molecule has 2 aromatic carbocycles. The van der Waals surface area contributed by atoms with Gasteiger partial charge < -0.3 is 10.4 Å². The quantitative estimate of drug-likeness (QED) is 0.714. The summed E-state index contributed by atoms with van der Waals surface area (Å²) in [7, 11) is 0. The van der Waals surface area contributed by atoms with E-state index in [1.54, 1.807) is 38.1 Å². The van der Waals surface area contributed by atoms with Crippen molar-refractivity contribution in [2.75, 3.05) is 0 Å². The Morgan fingerprint density at radius 2 is 1.73 bits per heavy atom. The Kier molecular flexibility index (Phi) is 6.26. The number of Topliss-reactive ketones (excluding diaryl/α,β-unsaturated/α-hetero) is 1. The van der Waals surface area contributed by atoms with Crippen molar-refractivity contribution in [3.63, 3.8) is 0 Å². The first-order valence-electron chi connectivity index (χ1n) is 8.38. The van der Waals surface area contributed by atoms with E-state index in [9.17, 15) is 9.59 Å². The molecule has 1 atom stereocenters. The molecule has 0 aliphatic rings. The summed E-state index contributed by atoms with van der Waals surface area (Å²) in [5.74, 6) is -1.05. The fraction of sp³-hybridized carbons (Fsp3) is 0.286. The Morgan fingerprint density at radius 3 is 2.27 bits per heavy atom. The summed E-state index contributed by atoms with van der Waals surface area (Å²) in [4.78, 5) is 24.1. The van der Waals surface area contributed by atoms with Gasteiger partial charge in [-0.2, -0.15) is 5.26 Å². The number of hydrogen-bond acceptors (Lipinski definition) is 4. The van der Waals surface area contributed by atoms with Crippen molar-refractivity contribution in [1.29, 1.82) is 5.26 Å². The summed E-state index contributed by atoms with van der Waals surface area (Å²) in [6, 6.07) is 17.5. The van der Waals surface area contributed by atoms with E-state index in [0.717, 1.165) is 5.56 Å². The summed E-state index contributed by atoms with van der Waals surface area (Å²) in [5, 5.41) is 21.2. The molecule has 0 fully saturated rings. The summed E-state index contributed by atoms with van der Waals surface area (Å²) in [6.07, 6.45) is 0.349. The van der Waals surface area contributed by atoms with E-state index in [1.807, 2.05) is 36.4 Å². The van der Waals surface area contributed by atoms with Crippen LogP contribution in [-0.4, -0.2) is 28.4 Å². The van der Waals surface area contributed by atoms with Crippen LogP contribution in [0.1, 0.15) is 41.8 Å². The monoisotopic (exact) mass is 350 g/mol. The molecule has 2 rings (SSSR count).